The average Bonchev–Trinajstić information content (AvgIpc) is 2.53. The van der Waals surface area contributed by atoms with E-state index in [1.165, 1.54) is 0 Å². The first-order valence-electron chi connectivity index (χ1n) is 6.77. The Bertz CT molecular complexity index is 642. The topological polar surface area (TPSA) is 73.9 Å². The van der Waals surface area contributed by atoms with Gasteiger partial charge in [-0.25, -0.2) is 0 Å². The first-order valence-corrected chi connectivity index (χ1v) is 6.77. The van der Waals surface area contributed by atoms with Crippen LogP contribution in [0.5, 0.6) is 17.2 Å². The van der Waals surface area contributed by atoms with Crippen LogP contribution < -0.4 is 19.9 Å². The van der Waals surface area contributed by atoms with Gasteiger partial charge in [0, 0.05) is 17.3 Å². The number of rotatable bonds is 4. The molecule has 0 bridgehead atoms. The summed E-state index contributed by atoms with van der Waals surface area (Å²) in [5.74, 6) is 2.05. The Morgan fingerprint density at radius 1 is 1.10 bits per heavy atom. The summed E-state index contributed by atoms with van der Waals surface area (Å²) in [6.07, 6.45) is 0. The van der Waals surface area contributed by atoms with E-state index in [9.17, 15) is 0 Å². The molecule has 0 spiro atoms. The zero-order valence-electron chi connectivity index (χ0n) is 11.5. The van der Waals surface area contributed by atoms with Gasteiger partial charge < -0.3 is 25.1 Å². The van der Waals surface area contributed by atoms with Crippen molar-refractivity contribution in [3.63, 3.8) is 0 Å². The molecule has 21 heavy (non-hydrogen) atoms. The van der Waals surface area contributed by atoms with Crippen molar-refractivity contribution >= 4 is 5.69 Å². The van der Waals surface area contributed by atoms with Crippen molar-refractivity contribution in [3.8, 4) is 17.2 Å². The highest BCUT2D eigenvalue weighted by Gasteiger charge is 2.14. The number of nitrogens with two attached hydrogens (primary N) is 1. The van der Waals surface area contributed by atoms with Crippen molar-refractivity contribution in [2.45, 2.75) is 13.2 Å². The Morgan fingerprint density at radius 2 is 1.86 bits per heavy atom. The summed E-state index contributed by atoms with van der Waals surface area (Å²) in [6, 6.07) is 10.9. The van der Waals surface area contributed by atoms with Crippen molar-refractivity contribution < 1.29 is 19.3 Å². The van der Waals surface area contributed by atoms with Gasteiger partial charge in [-0.1, -0.05) is 12.1 Å². The fraction of sp³-hybridized carbons (Fsp3) is 0.250. The lowest BCUT2D eigenvalue weighted by Crippen LogP contribution is -2.16. The van der Waals surface area contributed by atoms with E-state index in [2.05, 4.69) is 0 Å². The van der Waals surface area contributed by atoms with Crippen molar-refractivity contribution in [2.24, 2.45) is 0 Å². The van der Waals surface area contributed by atoms with Crippen molar-refractivity contribution in [3.05, 3.63) is 47.5 Å². The molecule has 0 amide bonds. The number of ether oxygens (including phenoxy) is 3. The van der Waals surface area contributed by atoms with E-state index in [-0.39, 0.29) is 6.61 Å². The van der Waals surface area contributed by atoms with Crippen molar-refractivity contribution in [2.75, 3.05) is 18.9 Å². The Hall–Kier alpha value is -2.40. The van der Waals surface area contributed by atoms with E-state index >= 15 is 0 Å². The average molecular weight is 287 g/mol. The summed E-state index contributed by atoms with van der Waals surface area (Å²) >= 11 is 0. The van der Waals surface area contributed by atoms with Crippen LogP contribution in [-0.4, -0.2) is 18.3 Å². The van der Waals surface area contributed by atoms with Crippen LogP contribution in [-0.2, 0) is 13.2 Å². The Labute approximate surface area is 122 Å². The van der Waals surface area contributed by atoms with Gasteiger partial charge in [0.1, 0.15) is 25.6 Å². The maximum Gasteiger partial charge on any atom is 0.163 e. The van der Waals surface area contributed by atoms with Gasteiger partial charge in [0.05, 0.1) is 6.61 Å². The van der Waals surface area contributed by atoms with E-state index in [1.54, 1.807) is 12.1 Å². The molecule has 1 heterocycles. The predicted molar refractivity (Wildman–Crippen MR) is 78.5 cm³/mol. The lowest BCUT2D eigenvalue weighted by molar-refractivity contribution is 0.171. The lowest BCUT2D eigenvalue weighted by Gasteiger charge is -2.20. The maximum absolute atomic E-state index is 9.12. The van der Waals surface area contributed by atoms with Crippen LogP contribution in [0, 0.1) is 0 Å². The number of hydrogen-bond donors (Lipinski definition) is 2. The second-order valence-corrected chi connectivity index (χ2v) is 4.79. The molecule has 3 rings (SSSR count). The molecule has 0 atom stereocenters. The second-order valence-electron chi connectivity index (χ2n) is 4.79. The summed E-state index contributed by atoms with van der Waals surface area (Å²) < 4.78 is 16.7. The number of hydrogen-bond acceptors (Lipinski definition) is 5. The largest absolute Gasteiger partial charge is 0.489 e. The molecule has 0 unspecified atom stereocenters. The van der Waals surface area contributed by atoms with Gasteiger partial charge in [0.25, 0.3) is 0 Å². The van der Waals surface area contributed by atoms with Crippen LogP contribution in [0.1, 0.15) is 11.1 Å². The second kappa shape index (κ2) is 5.93. The molecule has 0 saturated carbocycles. The normalized spacial score (nSPS) is 13.0. The lowest BCUT2D eigenvalue weighted by atomic mass is 10.1. The fourth-order valence-corrected chi connectivity index (χ4v) is 2.17. The molecule has 2 aromatic carbocycles. The zero-order chi connectivity index (χ0) is 14.7. The molecule has 110 valence electrons. The molecule has 2 aromatic rings. The van der Waals surface area contributed by atoms with Gasteiger partial charge in [-0.15, -0.1) is 0 Å². The molecule has 1 aliphatic rings. The summed E-state index contributed by atoms with van der Waals surface area (Å²) in [6.45, 7) is 1.40. The first kappa shape index (κ1) is 13.6. The van der Waals surface area contributed by atoms with Crippen molar-refractivity contribution in [1.29, 1.82) is 0 Å². The third kappa shape index (κ3) is 3.03. The monoisotopic (exact) mass is 287 g/mol. The number of anilines is 1. The van der Waals surface area contributed by atoms with E-state index in [0.717, 1.165) is 11.1 Å². The first-order chi connectivity index (χ1) is 10.3. The van der Waals surface area contributed by atoms with Crippen molar-refractivity contribution in [1.82, 2.24) is 0 Å². The number of fused-ring (bicyclic) bond motifs is 1. The fourth-order valence-electron chi connectivity index (χ4n) is 2.17. The smallest absolute Gasteiger partial charge is 0.163 e. The van der Waals surface area contributed by atoms with Gasteiger partial charge >= 0.3 is 0 Å². The highest BCUT2D eigenvalue weighted by molar-refractivity contribution is 5.58. The number of aliphatic hydroxyl groups excluding tert-OH is 1. The van der Waals surface area contributed by atoms with Gasteiger partial charge in [-0.3, -0.25) is 0 Å². The molecule has 0 radical (unpaired) electrons. The molecule has 0 aliphatic carbocycles. The summed E-state index contributed by atoms with van der Waals surface area (Å²) in [5.41, 5.74) is 8.27. The highest BCUT2D eigenvalue weighted by atomic mass is 16.6. The molecule has 3 N–H and O–H groups in total. The standard InChI is InChI=1S/C16H17NO4/c17-14-8-16-15(19-4-5-20-16)7-12(14)10-21-13-3-1-2-11(6-13)9-18/h1-3,6-8,18H,4-5,9-10,17H2. The minimum atomic E-state index is -0.0106. The van der Waals surface area contributed by atoms with E-state index < -0.39 is 0 Å². The summed E-state index contributed by atoms with van der Waals surface area (Å²) in [4.78, 5) is 0. The zero-order valence-corrected chi connectivity index (χ0v) is 11.5. The molecule has 5 nitrogen and oxygen atoms in total. The predicted octanol–water partition coefficient (Wildman–Crippen LogP) is 2.11. The van der Waals surface area contributed by atoms with E-state index in [0.29, 0.717) is 42.8 Å². The molecule has 0 saturated heterocycles. The Balaban J connectivity index is 1.75. The number of aliphatic hydroxyl groups is 1. The quantitative estimate of drug-likeness (QED) is 0.843. The Kier molecular flexibility index (Phi) is 3.83. The SMILES string of the molecule is Nc1cc2c(cc1COc1cccc(CO)c1)OCCO2. The van der Waals surface area contributed by atoms with Crippen LogP contribution in [0.2, 0.25) is 0 Å². The van der Waals surface area contributed by atoms with Gasteiger partial charge in [0.2, 0.25) is 0 Å². The van der Waals surface area contributed by atoms with Crippen LogP contribution in [0.3, 0.4) is 0 Å². The van der Waals surface area contributed by atoms with Crippen LogP contribution in [0.4, 0.5) is 5.69 Å². The molecule has 0 fully saturated rings. The summed E-state index contributed by atoms with van der Waals surface area (Å²) in [7, 11) is 0. The van der Waals surface area contributed by atoms with Crippen LogP contribution in [0.15, 0.2) is 36.4 Å². The van der Waals surface area contributed by atoms with Gasteiger partial charge in [0.15, 0.2) is 11.5 Å². The van der Waals surface area contributed by atoms with Gasteiger partial charge in [-0.2, -0.15) is 0 Å². The third-order valence-corrected chi connectivity index (χ3v) is 3.28. The van der Waals surface area contributed by atoms with Crippen LogP contribution in [0.25, 0.3) is 0 Å². The minimum Gasteiger partial charge on any atom is -0.489 e. The highest BCUT2D eigenvalue weighted by Crippen LogP contribution is 2.34. The van der Waals surface area contributed by atoms with E-state index in [4.69, 9.17) is 25.1 Å². The van der Waals surface area contributed by atoms with Gasteiger partial charge in [-0.05, 0) is 23.8 Å². The minimum absolute atomic E-state index is 0.0106. The maximum atomic E-state index is 9.12. The third-order valence-electron chi connectivity index (χ3n) is 3.28. The summed E-state index contributed by atoms with van der Waals surface area (Å²) in [5, 5.41) is 9.12. The molecular formula is C16H17NO4. The number of benzene rings is 2. The van der Waals surface area contributed by atoms with Crippen LogP contribution >= 0.6 is 0 Å². The molecule has 0 aromatic heterocycles. The molecular weight excluding hydrogens is 270 g/mol. The van der Waals surface area contributed by atoms with E-state index in [1.807, 2.05) is 24.3 Å². The number of nitrogen functional groups attached to an aromatic ring is 1. The Morgan fingerprint density at radius 3 is 2.62 bits per heavy atom. The molecule has 1 aliphatic heterocycles. The molecule has 5 heteroatoms.